The maximum Gasteiger partial charge on any atom is 0.335 e. The van der Waals surface area contributed by atoms with E-state index in [1.165, 1.54) is 11.1 Å². The number of aromatic carboxylic acids is 1. The number of aryl methyl sites for hydroxylation is 1. The molecule has 4 nitrogen and oxygen atoms in total. The Hall–Kier alpha value is -4.62. The summed E-state index contributed by atoms with van der Waals surface area (Å²) in [4.78, 5) is 11.3. The van der Waals surface area contributed by atoms with Gasteiger partial charge >= 0.3 is 5.97 Å². The third-order valence-corrected chi connectivity index (χ3v) is 7.27. The van der Waals surface area contributed by atoms with E-state index in [9.17, 15) is 9.90 Å². The summed E-state index contributed by atoms with van der Waals surface area (Å²) in [5.74, 6) is 0.134. The van der Waals surface area contributed by atoms with Crippen LogP contribution in [0.2, 0.25) is 0 Å². The lowest BCUT2D eigenvalue weighted by Gasteiger charge is -2.19. The minimum Gasteiger partial charge on any atom is -0.488 e. The van der Waals surface area contributed by atoms with Gasteiger partial charge in [-0.2, -0.15) is 5.26 Å². The number of carboxylic acid groups (broad SMARTS) is 1. The molecule has 1 atom stereocenters. The molecule has 4 aromatic rings. The van der Waals surface area contributed by atoms with Crippen molar-refractivity contribution in [2.24, 2.45) is 5.92 Å². The molecule has 0 amide bonds. The molecule has 0 aliphatic rings. The molecule has 0 saturated heterocycles. The highest BCUT2D eigenvalue weighted by molar-refractivity contribution is 5.87. The highest BCUT2D eigenvalue weighted by atomic mass is 16.5. The lowest BCUT2D eigenvalue weighted by Crippen LogP contribution is -2.10. The van der Waals surface area contributed by atoms with Gasteiger partial charge in [0.2, 0.25) is 0 Å². The van der Waals surface area contributed by atoms with Crippen LogP contribution in [0.3, 0.4) is 0 Å². The van der Waals surface area contributed by atoms with E-state index in [1.807, 2.05) is 54.6 Å². The highest BCUT2D eigenvalue weighted by Crippen LogP contribution is 2.26. The van der Waals surface area contributed by atoms with E-state index in [0.29, 0.717) is 12.2 Å². The van der Waals surface area contributed by atoms with Crippen LogP contribution in [-0.4, -0.2) is 11.1 Å². The Balaban J connectivity index is 1.49. The van der Waals surface area contributed by atoms with Crippen LogP contribution in [0.25, 0.3) is 6.08 Å². The Labute approximate surface area is 243 Å². The topological polar surface area (TPSA) is 70.3 Å². The maximum atomic E-state index is 11.3. The van der Waals surface area contributed by atoms with E-state index in [4.69, 9.17) is 10.00 Å². The minimum atomic E-state index is -0.921. The van der Waals surface area contributed by atoms with Crippen LogP contribution in [0.4, 0.5) is 0 Å². The van der Waals surface area contributed by atoms with E-state index in [2.05, 4.69) is 69.3 Å². The van der Waals surface area contributed by atoms with E-state index in [1.54, 1.807) is 12.1 Å². The van der Waals surface area contributed by atoms with Gasteiger partial charge in [0.25, 0.3) is 0 Å². The Kier molecular flexibility index (Phi) is 9.77. The Morgan fingerprint density at radius 2 is 1.51 bits per heavy atom. The van der Waals surface area contributed by atoms with Gasteiger partial charge in [-0.1, -0.05) is 99.7 Å². The first-order valence-electron chi connectivity index (χ1n) is 14.0. The average molecular weight is 544 g/mol. The molecule has 0 radical (unpaired) electrons. The zero-order valence-corrected chi connectivity index (χ0v) is 24.0. The van der Waals surface area contributed by atoms with Crippen LogP contribution in [0, 0.1) is 17.2 Å². The van der Waals surface area contributed by atoms with Crippen LogP contribution in [-0.2, 0) is 24.9 Å². The fourth-order valence-electron chi connectivity index (χ4n) is 4.70. The van der Waals surface area contributed by atoms with E-state index >= 15 is 0 Å². The van der Waals surface area contributed by atoms with Gasteiger partial charge < -0.3 is 9.84 Å². The smallest absolute Gasteiger partial charge is 0.335 e. The summed E-state index contributed by atoms with van der Waals surface area (Å²) in [7, 11) is 0. The predicted octanol–water partition coefficient (Wildman–Crippen LogP) is 8.64. The Morgan fingerprint density at radius 3 is 2.15 bits per heavy atom. The van der Waals surface area contributed by atoms with Gasteiger partial charge in [-0.15, -0.1) is 0 Å². The number of hydrogen-bond acceptors (Lipinski definition) is 3. The van der Waals surface area contributed by atoms with Crippen molar-refractivity contribution in [2.45, 2.75) is 52.1 Å². The summed E-state index contributed by atoms with van der Waals surface area (Å²) >= 11 is 0. The summed E-state index contributed by atoms with van der Waals surface area (Å²) in [6.45, 7) is 7.13. The number of nitrogens with zero attached hydrogens (tertiary/aromatic N) is 1. The number of carboxylic acids is 1. The zero-order chi connectivity index (χ0) is 29.2. The number of allylic oxidation sites excluding steroid dienone is 1. The SMILES string of the molecule is CC(C)(C)c1ccc(COc2ccccc2C=CC(CCc2ccc(C#N)cc2)Cc2ccc(C(=O)O)cc2)cc1. The second-order valence-corrected chi connectivity index (χ2v) is 11.4. The van der Waals surface area contributed by atoms with Crippen molar-refractivity contribution in [3.05, 3.63) is 142 Å². The molecule has 1 N–H and O–H groups in total. The first kappa shape index (κ1) is 29.4. The maximum absolute atomic E-state index is 11.3. The second-order valence-electron chi connectivity index (χ2n) is 11.4. The zero-order valence-electron chi connectivity index (χ0n) is 24.0. The van der Waals surface area contributed by atoms with Crippen molar-refractivity contribution < 1.29 is 14.6 Å². The number of rotatable bonds is 11. The first-order valence-corrected chi connectivity index (χ1v) is 14.0. The first-order chi connectivity index (χ1) is 19.7. The van der Waals surface area contributed by atoms with Crippen molar-refractivity contribution in [3.63, 3.8) is 0 Å². The lowest BCUT2D eigenvalue weighted by molar-refractivity contribution is 0.0697. The van der Waals surface area contributed by atoms with Gasteiger partial charge in [-0.3, -0.25) is 0 Å². The molecule has 41 heavy (non-hydrogen) atoms. The summed E-state index contributed by atoms with van der Waals surface area (Å²) in [6, 6.07) is 33.7. The molecule has 208 valence electrons. The monoisotopic (exact) mass is 543 g/mol. The minimum absolute atomic E-state index is 0.117. The van der Waals surface area contributed by atoms with Gasteiger partial charge in [-0.05, 0) is 83.2 Å². The fraction of sp³-hybridized carbons (Fsp3) is 0.243. The van der Waals surface area contributed by atoms with Crippen LogP contribution >= 0.6 is 0 Å². The van der Waals surface area contributed by atoms with Crippen molar-refractivity contribution >= 4 is 12.0 Å². The summed E-state index contributed by atoms with van der Waals surface area (Å²) in [5, 5.41) is 18.4. The number of ether oxygens (including phenoxy) is 1. The van der Waals surface area contributed by atoms with Gasteiger partial charge in [0.1, 0.15) is 12.4 Å². The van der Waals surface area contributed by atoms with E-state index < -0.39 is 5.97 Å². The van der Waals surface area contributed by atoms with Gasteiger partial charge in [0, 0.05) is 5.56 Å². The number of nitriles is 1. The fourth-order valence-corrected chi connectivity index (χ4v) is 4.70. The molecular formula is C37H37NO3. The van der Waals surface area contributed by atoms with Crippen LogP contribution in [0.1, 0.15) is 70.9 Å². The predicted molar refractivity (Wildman–Crippen MR) is 165 cm³/mol. The normalized spacial score (nSPS) is 12.1. The third kappa shape index (κ3) is 8.68. The number of carbonyl (C=O) groups is 1. The number of para-hydroxylation sites is 1. The van der Waals surface area contributed by atoms with Gasteiger partial charge in [0.05, 0.1) is 17.2 Å². The van der Waals surface area contributed by atoms with Crippen LogP contribution in [0.15, 0.2) is 103 Å². The van der Waals surface area contributed by atoms with Crippen molar-refractivity contribution in [3.8, 4) is 11.8 Å². The van der Waals surface area contributed by atoms with Gasteiger partial charge in [-0.25, -0.2) is 4.79 Å². The number of benzene rings is 4. The molecule has 1 unspecified atom stereocenters. The van der Waals surface area contributed by atoms with Crippen molar-refractivity contribution in [1.29, 1.82) is 5.26 Å². The van der Waals surface area contributed by atoms with Crippen molar-refractivity contribution in [1.82, 2.24) is 0 Å². The molecule has 0 fully saturated rings. The molecule has 0 aliphatic heterocycles. The Bertz CT molecular complexity index is 1500. The molecular weight excluding hydrogens is 506 g/mol. The third-order valence-electron chi connectivity index (χ3n) is 7.27. The molecule has 0 spiro atoms. The quantitative estimate of drug-likeness (QED) is 0.206. The average Bonchev–Trinajstić information content (AvgIpc) is 2.98. The van der Waals surface area contributed by atoms with Crippen LogP contribution in [0.5, 0.6) is 5.75 Å². The largest absolute Gasteiger partial charge is 0.488 e. The van der Waals surface area contributed by atoms with E-state index in [-0.39, 0.29) is 16.9 Å². The molecule has 0 bridgehead atoms. The second kappa shape index (κ2) is 13.6. The van der Waals surface area contributed by atoms with E-state index in [0.717, 1.165) is 41.7 Å². The Morgan fingerprint density at radius 1 is 0.878 bits per heavy atom. The molecule has 4 rings (SSSR count). The highest BCUT2D eigenvalue weighted by Gasteiger charge is 2.13. The van der Waals surface area contributed by atoms with Gasteiger partial charge in [0.15, 0.2) is 0 Å². The molecule has 0 aromatic heterocycles. The lowest BCUT2D eigenvalue weighted by atomic mass is 9.87. The summed E-state index contributed by atoms with van der Waals surface area (Å²) in [5.41, 5.74) is 6.78. The molecule has 4 heteroatoms. The molecule has 0 saturated carbocycles. The van der Waals surface area contributed by atoms with Crippen LogP contribution < -0.4 is 4.74 Å². The molecule has 4 aromatic carbocycles. The number of hydrogen-bond donors (Lipinski definition) is 1. The molecule has 0 heterocycles. The summed E-state index contributed by atoms with van der Waals surface area (Å²) < 4.78 is 6.25. The van der Waals surface area contributed by atoms with Crippen molar-refractivity contribution in [2.75, 3.05) is 0 Å². The molecule has 0 aliphatic carbocycles. The summed E-state index contributed by atoms with van der Waals surface area (Å²) in [6.07, 6.45) is 6.93. The standard InChI is InChI=1S/C37H37NO3/c1-37(2,3)34-22-17-31(18-23-34)26-41-35-7-5-4-6-32(35)19-14-28(11-8-27-9-12-30(25-38)13-10-27)24-29-15-20-33(21-16-29)36(39)40/h4-7,9-10,12-23,28H,8,11,24,26H2,1-3H3,(H,39,40).